The standard InChI is InChI=1S/C29H39NO6/c1-17-8-6-12-29(5)24(36-29)15-22(20-10-11-21-19(14-20)9-7-13-30-21)35-25(32)16-23(31)28(3,4)27(34)18(2)26(17)33/h7,9-11,13-14,17-18,22-24,26,31,33H,6,8,12,15-16H2,1-5H3/t17-,18+,22-,23-,24-,26?,29+/m0/s1. The summed E-state index contributed by atoms with van der Waals surface area (Å²) in [5.41, 5.74) is 0.180. The maximum absolute atomic E-state index is 13.3. The fraction of sp³-hybridized carbons (Fsp3) is 0.621. The van der Waals surface area contributed by atoms with Crippen LogP contribution in [0.15, 0.2) is 36.5 Å². The van der Waals surface area contributed by atoms with Crippen LogP contribution < -0.4 is 0 Å². The van der Waals surface area contributed by atoms with Gasteiger partial charge in [-0.05, 0) is 49.4 Å². The third-order valence-electron chi connectivity index (χ3n) is 8.41. The number of rotatable bonds is 1. The molecule has 0 aliphatic carbocycles. The molecule has 7 atom stereocenters. The molecule has 2 aliphatic rings. The van der Waals surface area contributed by atoms with Crippen LogP contribution in [-0.2, 0) is 19.1 Å². The third-order valence-corrected chi connectivity index (χ3v) is 8.41. The van der Waals surface area contributed by atoms with Gasteiger partial charge in [0, 0.05) is 23.9 Å². The van der Waals surface area contributed by atoms with Crippen molar-refractivity contribution >= 4 is 22.7 Å². The number of carbonyl (C=O) groups excluding carboxylic acids is 2. The Bertz CT molecular complexity index is 1120. The number of hydrogen-bond acceptors (Lipinski definition) is 7. The smallest absolute Gasteiger partial charge is 0.309 e. The summed E-state index contributed by atoms with van der Waals surface area (Å²) in [6.07, 6.45) is 1.70. The summed E-state index contributed by atoms with van der Waals surface area (Å²) in [6.45, 7) is 8.98. The monoisotopic (exact) mass is 497 g/mol. The van der Waals surface area contributed by atoms with Crippen molar-refractivity contribution in [3.8, 4) is 0 Å². The molecule has 0 bridgehead atoms. The summed E-state index contributed by atoms with van der Waals surface area (Å²) in [6, 6.07) is 9.64. The van der Waals surface area contributed by atoms with E-state index in [0.717, 1.165) is 35.7 Å². The van der Waals surface area contributed by atoms with Gasteiger partial charge in [-0.3, -0.25) is 14.6 Å². The molecule has 0 spiro atoms. The zero-order valence-electron chi connectivity index (χ0n) is 21.9. The lowest BCUT2D eigenvalue weighted by Crippen LogP contribution is -2.45. The Morgan fingerprint density at radius 2 is 1.83 bits per heavy atom. The molecule has 36 heavy (non-hydrogen) atoms. The van der Waals surface area contributed by atoms with Crippen molar-refractivity contribution < 1.29 is 29.3 Å². The summed E-state index contributed by atoms with van der Waals surface area (Å²) in [7, 11) is 0. The summed E-state index contributed by atoms with van der Waals surface area (Å²) < 4.78 is 12.0. The van der Waals surface area contributed by atoms with E-state index >= 15 is 0 Å². The molecule has 0 amide bonds. The molecular weight excluding hydrogens is 458 g/mol. The Morgan fingerprint density at radius 1 is 1.08 bits per heavy atom. The first-order chi connectivity index (χ1) is 16.9. The number of esters is 1. The maximum Gasteiger partial charge on any atom is 0.309 e. The Kier molecular flexibility index (Phi) is 7.56. The van der Waals surface area contributed by atoms with Gasteiger partial charge in [0.25, 0.3) is 0 Å². The number of ketones is 1. The summed E-state index contributed by atoms with van der Waals surface area (Å²) in [5.74, 6) is -1.57. The zero-order chi connectivity index (χ0) is 26.3. The van der Waals surface area contributed by atoms with E-state index in [2.05, 4.69) is 11.9 Å². The van der Waals surface area contributed by atoms with Crippen LogP contribution in [0.4, 0.5) is 0 Å². The Balaban J connectivity index is 1.62. The molecule has 1 unspecified atom stereocenters. The Labute approximate surface area is 213 Å². The Morgan fingerprint density at radius 3 is 2.58 bits per heavy atom. The number of fused-ring (bicyclic) bond motifs is 2. The minimum absolute atomic E-state index is 0.0603. The van der Waals surface area contributed by atoms with E-state index in [0.29, 0.717) is 6.42 Å². The van der Waals surface area contributed by atoms with E-state index in [1.165, 1.54) is 0 Å². The highest BCUT2D eigenvalue weighted by molar-refractivity contribution is 5.88. The highest BCUT2D eigenvalue weighted by atomic mass is 16.6. The molecule has 3 heterocycles. The molecule has 1 aromatic carbocycles. The van der Waals surface area contributed by atoms with Crippen molar-refractivity contribution in [2.24, 2.45) is 17.3 Å². The molecule has 2 aromatic rings. The zero-order valence-corrected chi connectivity index (χ0v) is 21.9. The van der Waals surface area contributed by atoms with Crippen molar-refractivity contribution in [2.45, 2.75) is 96.7 Å². The van der Waals surface area contributed by atoms with Gasteiger partial charge in [0.1, 0.15) is 11.9 Å². The number of hydrogen-bond donors (Lipinski definition) is 2. The van der Waals surface area contributed by atoms with Gasteiger partial charge in [-0.2, -0.15) is 0 Å². The topological polar surface area (TPSA) is 109 Å². The average Bonchev–Trinajstić information content (AvgIpc) is 3.49. The minimum atomic E-state index is -1.24. The number of aliphatic hydroxyl groups is 2. The van der Waals surface area contributed by atoms with Gasteiger partial charge in [0.2, 0.25) is 0 Å². The average molecular weight is 498 g/mol. The summed E-state index contributed by atoms with van der Waals surface area (Å²) in [5, 5.41) is 22.7. The van der Waals surface area contributed by atoms with Crippen LogP contribution >= 0.6 is 0 Å². The van der Waals surface area contributed by atoms with Crippen LogP contribution in [0.1, 0.15) is 78.4 Å². The molecule has 0 radical (unpaired) electrons. The first kappa shape index (κ1) is 26.7. The van der Waals surface area contributed by atoms with E-state index < -0.39 is 35.6 Å². The normalized spacial score (nSPS) is 36.2. The lowest BCUT2D eigenvalue weighted by atomic mass is 9.73. The first-order valence-corrected chi connectivity index (χ1v) is 13.0. The first-order valence-electron chi connectivity index (χ1n) is 13.0. The number of carbonyl (C=O) groups is 2. The van der Waals surface area contributed by atoms with Crippen LogP contribution in [0.2, 0.25) is 0 Å². The van der Waals surface area contributed by atoms with Crippen molar-refractivity contribution in [3.05, 3.63) is 42.1 Å². The molecule has 1 aromatic heterocycles. The molecule has 2 saturated heterocycles. The Hall–Kier alpha value is -2.35. The molecular formula is C29H39NO6. The van der Waals surface area contributed by atoms with Crippen LogP contribution in [0.3, 0.4) is 0 Å². The van der Waals surface area contributed by atoms with Crippen LogP contribution in [0.25, 0.3) is 10.9 Å². The predicted octanol–water partition coefficient (Wildman–Crippen LogP) is 4.53. The van der Waals surface area contributed by atoms with E-state index in [1.54, 1.807) is 27.0 Å². The number of cyclic esters (lactones) is 1. The number of Topliss-reactive ketones (excluding diaryl/α,β-unsaturated/α-hetero) is 1. The van der Waals surface area contributed by atoms with Gasteiger partial charge in [-0.15, -0.1) is 0 Å². The van der Waals surface area contributed by atoms with Crippen molar-refractivity contribution in [1.29, 1.82) is 0 Å². The van der Waals surface area contributed by atoms with Crippen molar-refractivity contribution in [1.82, 2.24) is 4.98 Å². The van der Waals surface area contributed by atoms with Crippen molar-refractivity contribution in [2.75, 3.05) is 0 Å². The largest absolute Gasteiger partial charge is 0.457 e. The van der Waals surface area contributed by atoms with Gasteiger partial charge in [-0.25, -0.2) is 0 Å². The summed E-state index contributed by atoms with van der Waals surface area (Å²) >= 11 is 0. The van der Waals surface area contributed by atoms with Crippen LogP contribution in [-0.4, -0.2) is 50.9 Å². The lowest BCUT2D eigenvalue weighted by Gasteiger charge is -2.34. The van der Waals surface area contributed by atoms with Gasteiger partial charge < -0.3 is 19.7 Å². The van der Waals surface area contributed by atoms with E-state index in [1.807, 2.05) is 37.3 Å². The maximum atomic E-state index is 13.3. The SMILES string of the molecule is C[C@H]1CCC[C@@]2(C)O[C@H]2C[C@@H](c2ccc3ncccc3c2)OC(=O)C[C@H](O)C(C)(C)C(=O)[C@H](C)C1O. The second kappa shape index (κ2) is 10.2. The van der Waals surface area contributed by atoms with Crippen LogP contribution in [0.5, 0.6) is 0 Å². The minimum Gasteiger partial charge on any atom is -0.457 e. The number of benzene rings is 1. The van der Waals surface area contributed by atoms with Crippen molar-refractivity contribution in [3.63, 3.8) is 0 Å². The van der Waals surface area contributed by atoms with E-state index in [9.17, 15) is 19.8 Å². The molecule has 7 nitrogen and oxygen atoms in total. The van der Waals surface area contributed by atoms with Gasteiger partial charge in [0.05, 0.1) is 41.3 Å². The lowest BCUT2D eigenvalue weighted by molar-refractivity contribution is -0.156. The fourth-order valence-corrected chi connectivity index (χ4v) is 5.51. The van der Waals surface area contributed by atoms with Gasteiger partial charge in [0.15, 0.2) is 0 Å². The predicted molar refractivity (Wildman–Crippen MR) is 136 cm³/mol. The number of nitrogens with zero attached hydrogens (tertiary/aromatic N) is 1. The molecule has 7 heteroatoms. The second-order valence-corrected chi connectivity index (χ2v) is 11.5. The molecule has 2 aliphatic heterocycles. The van der Waals surface area contributed by atoms with E-state index in [4.69, 9.17) is 9.47 Å². The molecule has 4 rings (SSSR count). The number of pyridine rings is 1. The summed E-state index contributed by atoms with van der Waals surface area (Å²) in [4.78, 5) is 30.7. The second-order valence-electron chi connectivity index (χ2n) is 11.5. The highest BCUT2D eigenvalue weighted by Gasteiger charge is 2.53. The number of ether oxygens (including phenoxy) is 2. The quantitative estimate of drug-likeness (QED) is 0.440. The number of aliphatic hydroxyl groups excluding tert-OH is 2. The number of aromatic nitrogens is 1. The van der Waals surface area contributed by atoms with E-state index in [-0.39, 0.29) is 29.8 Å². The third kappa shape index (κ3) is 5.48. The van der Waals surface area contributed by atoms with Gasteiger partial charge in [-0.1, -0.05) is 46.2 Å². The fourth-order valence-electron chi connectivity index (χ4n) is 5.51. The molecule has 196 valence electrons. The molecule has 2 N–H and O–H groups in total. The van der Waals surface area contributed by atoms with Gasteiger partial charge >= 0.3 is 5.97 Å². The highest BCUT2D eigenvalue weighted by Crippen LogP contribution is 2.46. The molecule has 0 saturated carbocycles. The number of epoxide rings is 1. The van der Waals surface area contributed by atoms with Crippen LogP contribution in [0, 0.1) is 17.3 Å². The molecule has 2 fully saturated rings.